The molecule has 0 aliphatic carbocycles. The van der Waals surface area contributed by atoms with E-state index in [1.807, 2.05) is 36.6 Å². The summed E-state index contributed by atoms with van der Waals surface area (Å²) < 4.78 is 1.97. The van der Waals surface area contributed by atoms with E-state index in [4.69, 9.17) is 11.6 Å². The van der Waals surface area contributed by atoms with Crippen LogP contribution in [0.25, 0.3) is 0 Å². The summed E-state index contributed by atoms with van der Waals surface area (Å²) in [7, 11) is 0. The fraction of sp³-hybridized carbons (Fsp3) is 0.273. The third-order valence-electron chi connectivity index (χ3n) is 4.64. The average molecular weight is 458 g/mol. The molecule has 7 nitrogen and oxygen atoms in total. The maximum atomic E-state index is 12.3. The van der Waals surface area contributed by atoms with Crippen LogP contribution >= 0.6 is 23.4 Å². The third kappa shape index (κ3) is 6.08. The minimum atomic E-state index is -0.153. The van der Waals surface area contributed by atoms with E-state index in [0.29, 0.717) is 34.5 Å². The molecule has 9 heteroatoms. The Kier molecular flexibility index (Phi) is 7.70. The first-order chi connectivity index (χ1) is 14.9. The summed E-state index contributed by atoms with van der Waals surface area (Å²) in [5.74, 6) is 0.818. The maximum Gasteiger partial charge on any atom is 0.234 e. The predicted molar refractivity (Wildman–Crippen MR) is 125 cm³/mol. The highest BCUT2D eigenvalue weighted by Crippen LogP contribution is 2.22. The molecule has 0 unspecified atom stereocenters. The van der Waals surface area contributed by atoms with E-state index in [-0.39, 0.29) is 17.4 Å². The minimum absolute atomic E-state index is 0.0110. The lowest BCUT2D eigenvalue weighted by molar-refractivity contribution is -0.113. The van der Waals surface area contributed by atoms with Crippen LogP contribution in [0.1, 0.15) is 35.6 Å². The monoisotopic (exact) mass is 457 g/mol. The number of halogens is 1. The topological polar surface area (TPSA) is 88.9 Å². The lowest BCUT2D eigenvalue weighted by Crippen LogP contribution is -2.15. The van der Waals surface area contributed by atoms with Gasteiger partial charge in [-0.1, -0.05) is 29.4 Å². The second kappa shape index (κ2) is 10.5. The number of nitrogens with one attached hydrogen (secondary N) is 2. The summed E-state index contributed by atoms with van der Waals surface area (Å²) in [6, 6.07) is 12.6. The van der Waals surface area contributed by atoms with Crippen molar-refractivity contribution in [2.75, 3.05) is 16.4 Å². The first-order valence-electron chi connectivity index (χ1n) is 9.83. The molecule has 2 aromatic carbocycles. The Labute approximate surface area is 190 Å². The van der Waals surface area contributed by atoms with Gasteiger partial charge in [0.2, 0.25) is 5.91 Å². The van der Waals surface area contributed by atoms with Crippen LogP contribution in [-0.2, 0) is 17.9 Å². The number of aromatic nitrogens is 3. The van der Waals surface area contributed by atoms with Crippen molar-refractivity contribution in [3.63, 3.8) is 0 Å². The standard InChI is InChI=1S/C22H24ClN5O2S/c1-4-28-20(12-24-18-8-5-14(2)19(23)11-18)26-27-22(28)31-13-21(30)25-17-9-6-16(7-10-17)15(3)29/h5-11,24H,4,12-13H2,1-3H3,(H,25,30). The SMILES string of the molecule is CCn1c(CNc2ccc(C)c(Cl)c2)nnc1SCC(=O)Nc1ccc(C(C)=O)cc1. The van der Waals surface area contributed by atoms with E-state index < -0.39 is 0 Å². The molecule has 0 fully saturated rings. The van der Waals surface area contributed by atoms with Gasteiger partial charge in [-0.25, -0.2) is 0 Å². The average Bonchev–Trinajstić information content (AvgIpc) is 3.15. The summed E-state index contributed by atoms with van der Waals surface area (Å²) in [6.45, 7) is 6.66. The van der Waals surface area contributed by atoms with Crippen LogP contribution in [0.4, 0.5) is 11.4 Å². The molecule has 3 aromatic rings. The number of amides is 1. The first kappa shape index (κ1) is 22.8. The van der Waals surface area contributed by atoms with Crippen LogP contribution in [0.15, 0.2) is 47.6 Å². The molecule has 31 heavy (non-hydrogen) atoms. The zero-order chi connectivity index (χ0) is 22.4. The molecule has 0 spiro atoms. The quantitative estimate of drug-likeness (QED) is 0.354. The number of rotatable bonds is 9. The molecular weight excluding hydrogens is 434 g/mol. The zero-order valence-corrected chi connectivity index (χ0v) is 19.2. The molecule has 0 bridgehead atoms. The Morgan fingerprint density at radius 2 is 1.81 bits per heavy atom. The van der Waals surface area contributed by atoms with Gasteiger partial charge in [-0.05, 0) is 62.7 Å². The number of ketones is 1. The molecule has 1 amide bonds. The van der Waals surface area contributed by atoms with Gasteiger partial charge in [-0.3, -0.25) is 9.59 Å². The van der Waals surface area contributed by atoms with Crippen LogP contribution in [0.5, 0.6) is 0 Å². The summed E-state index contributed by atoms with van der Waals surface area (Å²) in [5.41, 5.74) is 3.19. The summed E-state index contributed by atoms with van der Waals surface area (Å²) in [4.78, 5) is 23.6. The van der Waals surface area contributed by atoms with E-state index in [1.54, 1.807) is 24.3 Å². The Morgan fingerprint density at radius 1 is 1.10 bits per heavy atom. The van der Waals surface area contributed by atoms with Crippen LogP contribution in [0.2, 0.25) is 5.02 Å². The minimum Gasteiger partial charge on any atom is -0.378 e. The van der Waals surface area contributed by atoms with Crippen molar-refractivity contribution >= 4 is 46.4 Å². The number of carbonyl (C=O) groups is 2. The van der Waals surface area contributed by atoms with E-state index in [1.165, 1.54) is 18.7 Å². The lowest BCUT2D eigenvalue weighted by Gasteiger charge is -2.10. The largest absolute Gasteiger partial charge is 0.378 e. The number of anilines is 2. The van der Waals surface area contributed by atoms with Crippen LogP contribution in [0.3, 0.4) is 0 Å². The smallest absolute Gasteiger partial charge is 0.234 e. The maximum absolute atomic E-state index is 12.3. The van der Waals surface area contributed by atoms with Gasteiger partial charge in [0, 0.05) is 28.5 Å². The molecule has 1 heterocycles. The van der Waals surface area contributed by atoms with Gasteiger partial charge in [-0.15, -0.1) is 10.2 Å². The fourth-order valence-electron chi connectivity index (χ4n) is 2.87. The van der Waals surface area contributed by atoms with E-state index in [9.17, 15) is 9.59 Å². The summed E-state index contributed by atoms with van der Waals surface area (Å²) in [5, 5.41) is 16.0. The highest BCUT2D eigenvalue weighted by molar-refractivity contribution is 7.99. The first-order valence-corrected chi connectivity index (χ1v) is 11.2. The van der Waals surface area contributed by atoms with Crippen molar-refractivity contribution in [3.05, 3.63) is 64.4 Å². The summed E-state index contributed by atoms with van der Waals surface area (Å²) in [6.07, 6.45) is 0. The van der Waals surface area contributed by atoms with Crippen molar-refractivity contribution in [2.45, 2.75) is 39.0 Å². The van der Waals surface area contributed by atoms with Gasteiger partial charge in [0.05, 0.1) is 12.3 Å². The molecule has 0 aliphatic heterocycles. The number of hydrogen-bond donors (Lipinski definition) is 2. The number of hydrogen-bond acceptors (Lipinski definition) is 6. The number of aryl methyl sites for hydroxylation is 1. The fourth-order valence-corrected chi connectivity index (χ4v) is 3.88. The number of Topliss-reactive ketones (excluding diaryl/α,β-unsaturated/α-hetero) is 1. The van der Waals surface area contributed by atoms with Gasteiger partial charge in [0.25, 0.3) is 0 Å². The molecule has 2 N–H and O–H groups in total. The molecule has 3 rings (SSSR count). The van der Waals surface area contributed by atoms with Crippen molar-refractivity contribution in [2.24, 2.45) is 0 Å². The van der Waals surface area contributed by atoms with Gasteiger partial charge < -0.3 is 15.2 Å². The van der Waals surface area contributed by atoms with Crippen LogP contribution < -0.4 is 10.6 Å². The zero-order valence-electron chi connectivity index (χ0n) is 17.6. The molecular formula is C22H24ClN5O2S. The number of nitrogens with zero attached hydrogens (tertiary/aromatic N) is 3. The van der Waals surface area contributed by atoms with Crippen molar-refractivity contribution in [1.29, 1.82) is 0 Å². The lowest BCUT2D eigenvalue weighted by atomic mass is 10.1. The molecule has 0 saturated carbocycles. The molecule has 0 radical (unpaired) electrons. The van der Waals surface area contributed by atoms with Crippen molar-refractivity contribution in [1.82, 2.24) is 14.8 Å². The second-order valence-electron chi connectivity index (χ2n) is 6.93. The molecule has 0 saturated heterocycles. The van der Waals surface area contributed by atoms with Crippen LogP contribution in [0, 0.1) is 6.92 Å². The number of thioether (sulfide) groups is 1. The Hall–Kier alpha value is -2.84. The normalized spacial score (nSPS) is 10.7. The molecule has 1 aromatic heterocycles. The highest BCUT2D eigenvalue weighted by atomic mass is 35.5. The Bertz CT molecular complexity index is 1080. The number of benzene rings is 2. The molecule has 162 valence electrons. The molecule has 0 aliphatic rings. The van der Waals surface area contributed by atoms with Gasteiger partial charge in [-0.2, -0.15) is 0 Å². The highest BCUT2D eigenvalue weighted by Gasteiger charge is 2.13. The Balaban J connectivity index is 1.56. The van der Waals surface area contributed by atoms with Gasteiger partial charge in [0.1, 0.15) is 0 Å². The van der Waals surface area contributed by atoms with E-state index >= 15 is 0 Å². The van der Waals surface area contributed by atoms with Crippen molar-refractivity contribution in [3.8, 4) is 0 Å². The van der Waals surface area contributed by atoms with Crippen LogP contribution in [-0.4, -0.2) is 32.2 Å². The Morgan fingerprint density at radius 3 is 2.45 bits per heavy atom. The van der Waals surface area contributed by atoms with Crippen molar-refractivity contribution < 1.29 is 9.59 Å². The summed E-state index contributed by atoms with van der Waals surface area (Å²) >= 11 is 7.51. The second-order valence-corrected chi connectivity index (χ2v) is 8.28. The van der Waals surface area contributed by atoms with Gasteiger partial charge in [0.15, 0.2) is 16.8 Å². The number of carbonyl (C=O) groups excluding carboxylic acids is 2. The van der Waals surface area contributed by atoms with E-state index in [0.717, 1.165) is 17.1 Å². The third-order valence-corrected chi connectivity index (χ3v) is 6.01. The molecule has 0 atom stereocenters. The van der Waals surface area contributed by atoms with Gasteiger partial charge >= 0.3 is 0 Å². The van der Waals surface area contributed by atoms with E-state index in [2.05, 4.69) is 20.8 Å². The predicted octanol–water partition coefficient (Wildman–Crippen LogP) is 4.81.